The van der Waals surface area contributed by atoms with E-state index in [1.54, 1.807) is 24.3 Å². The Bertz CT molecular complexity index is 634. The zero-order chi connectivity index (χ0) is 15.4. The first-order valence-corrected chi connectivity index (χ1v) is 7.30. The van der Waals surface area contributed by atoms with Crippen LogP contribution < -0.4 is 10.1 Å². The molecule has 5 heteroatoms. The van der Waals surface area contributed by atoms with Crippen molar-refractivity contribution in [3.63, 3.8) is 0 Å². The number of hydrogen-bond acceptors (Lipinski definition) is 2. The van der Waals surface area contributed by atoms with Gasteiger partial charge in [-0.15, -0.1) is 0 Å². The van der Waals surface area contributed by atoms with Gasteiger partial charge in [-0.25, -0.2) is 4.39 Å². The lowest BCUT2D eigenvalue weighted by atomic mass is 10.1. The smallest absolute Gasteiger partial charge is 0.165 e. The lowest BCUT2D eigenvalue weighted by molar-refractivity contribution is 0.290. The molecule has 2 rings (SSSR count). The SMILES string of the molecule is CNC(C)c1ccc(OCc2cc(Cl)ccc2Cl)c(F)c1. The highest BCUT2D eigenvalue weighted by atomic mass is 35.5. The van der Waals surface area contributed by atoms with Crippen LogP contribution in [0.1, 0.15) is 24.1 Å². The minimum Gasteiger partial charge on any atom is -0.486 e. The minimum atomic E-state index is -0.396. The number of rotatable bonds is 5. The molecule has 112 valence electrons. The Morgan fingerprint density at radius 3 is 2.62 bits per heavy atom. The molecule has 0 radical (unpaired) electrons. The van der Waals surface area contributed by atoms with E-state index in [0.717, 1.165) is 11.1 Å². The van der Waals surface area contributed by atoms with E-state index in [1.165, 1.54) is 6.07 Å². The van der Waals surface area contributed by atoms with Crippen LogP contribution in [0, 0.1) is 5.82 Å². The summed E-state index contributed by atoms with van der Waals surface area (Å²) in [7, 11) is 1.83. The molecule has 0 aliphatic carbocycles. The van der Waals surface area contributed by atoms with E-state index in [-0.39, 0.29) is 18.4 Å². The molecule has 21 heavy (non-hydrogen) atoms. The van der Waals surface area contributed by atoms with Gasteiger partial charge in [-0.05, 0) is 49.9 Å². The molecule has 1 N–H and O–H groups in total. The van der Waals surface area contributed by atoms with Gasteiger partial charge in [0.15, 0.2) is 11.6 Å². The Morgan fingerprint density at radius 2 is 1.95 bits per heavy atom. The Hall–Kier alpha value is -1.29. The quantitative estimate of drug-likeness (QED) is 0.835. The molecule has 0 aromatic heterocycles. The van der Waals surface area contributed by atoms with Crippen LogP contribution >= 0.6 is 23.2 Å². The monoisotopic (exact) mass is 327 g/mol. The maximum absolute atomic E-state index is 14.0. The highest BCUT2D eigenvalue weighted by Crippen LogP contribution is 2.25. The van der Waals surface area contributed by atoms with Gasteiger partial charge in [0.05, 0.1) is 0 Å². The Morgan fingerprint density at radius 1 is 1.19 bits per heavy atom. The van der Waals surface area contributed by atoms with Gasteiger partial charge >= 0.3 is 0 Å². The first-order valence-electron chi connectivity index (χ1n) is 6.54. The fraction of sp³-hybridized carbons (Fsp3) is 0.250. The summed E-state index contributed by atoms with van der Waals surface area (Å²) >= 11 is 12.0. The van der Waals surface area contributed by atoms with Gasteiger partial charge in [-0.3, -0.25) is 0 Å². The third kappa shape index (κ3) is 4.10. The Balaban J connectivity index is 2.11. The lowest BCUT2D eigenvalue weighted by Gasteiger charge is -2.13. The highest BCUT2D eigenvalue weighted by Gasteiger charge is 2.10. The van der Waals surface area contributed by atoms with Gasteiger partial charge in [-0.2, -0.15) is 0 Å². The van der Waals surface area contributed by atoms with Crippen LogP contribution in [0.2, 0.25) is 10.0 Å². The van der Waals surface area contributed by atoms with Crippen LogP contribution in [0.4, 0.5) is 4.39 Å². The maximum Gasteiger partial charge on any atom is 0.165 e. The van der Waals surface area contributed by atoms with Crippen molar-refractivity contribution in [2.45, 2.75) is 19.6 Å². The summed E-state index contributed by atoms with van der Waals surface area (Å²) in [6.45, 7) is 2.12. The molecule has 0 heterocycles. The minimum absolute atomic E-state index is 0.0796. The van der Waals surface area contributed by atoms with Crippen LogP contribution in [0.5, 0.6) is 5.75 Å². The number of nitrogens with one attached hydrogen (secondary N) is 1. The van der Waals surface area contributed by atoms with Crippen LogP contribution in [-0.4, -0.2) is 7.05 Å². The van der Waals surface area contributed by atoms with Gasteiger partial charge < -0.3 is 10.1 Å². The predicted molar refractivity (Wildman–Crippen MR) is 84.7 cm³/mol. The van der Waals surface area contributed by atoms with E-state index in [1.807, 2.05) is 20.0 Å². The standard InChI is InChI=1S/C16H16Cl2FNO/c1-10(20-2)11-3-6-16(15(19)8-11)21-9-12-7-13(17)4-5-14(12)18/h3-8,10,20H,9H2,1-2H3. The van der Waals surface area contributed by atoms with Gasteiger partial charge in [0.25, 0.3) is 0 Å². The molecule has 0 bridgehead atoms. The molecule has 2 aromatic carbocycles. The topological polar surface area (TPSA) is 21.3 Å². The number of ether oxygens (including phenoxy) is 1. The summed E-state index contributed by atoms with van der Waals surface area (Å²) < 4.78 is 19.5. The number of benzene rings is 2. The second kappa shape index (κ2) is 7.12. The van der Waals surface area contributed by atoms with Gasteiger partial charge in [0.2, 0.25) is 0 Å². The molecule has 1 atom stereocenters. The second-order valence-corrected chi connectivity index (χ2v) is 5.57. The third-order valence-electron chi connectivity index (χ3n) is 3.28. The van der Waals surface area contributed by atoms with Gasteiger partial charge in [0, 0.05) is 21.7 Å². The van der Waals surface area contributed by atoms with E-state index >= 15 is 0 Å². The van der Waals surface area contributed by atoms with Crippen molar-refractivity contribution in [2.24, 2.45) is 0 Å². The summed E-state index contributed by atoms with van der Waals surface area (Å²) in [5, 5.41) is 4.17. The third-order valence-corrected chi connectivity index (χ3v) is 3.88. The first kappa shape index (κ1) is 16.1. The average Bonchev–Trinajstić information content (AvgIpc) is 2.48. The van der Waals surface area contributed by atoms with Gasteiger partial charge in [-0.1, -0.05) is 29.3 Å². The molecule has 0 spiro atoms. The zero-order valence-electron chi connectivity index (χ0n) is 11.8. The normalized spacial score (nSPS) is 12.2. The molecule has 0 aliphatic heterocycles. The van der Waals surface area contributed by atoms with Crippen LogP contribution in [0.3, 0.4) is 0 Å². The summed E-state index contributed by atoms with van der Waals surface area (Å²) in [6, 6.07) is 10.1. The van der Waals surface area contributed by atoms with Crippen LogP contribution in [0.15, 0.2) is 36.4 Å². The summed E-state index contributed by atoms with van der Waals surface area (Å²) in [5.41, 5.74) is 1.58. The fourth-order valence-corrected chi connectivity index (χ4v) is 2.25. The van der Waals surface area contributed by atoms with Crippen molar-refractivity contribution in [3.8, 4) is 5.75 Å². The fourth-order valence-electron chi connectivity index (χ4n) is 1.88. The molecule has 0 amide bonds. The van der Waals surface area contributed by atoms with Gasteiger partial charge in [0.1, 0.15) is 6.61 Å². The van der Waals surface area contributed by atoms with E-state index in [2.05, 4.69) is 5.32 Å². The molecule has 0 aliphatic rings. The van der Waals surface area contributed by atoms with Crippen molar-refractivity contribution < 1.29 is 9.13 Å². The average molecular weight is 328 g/mol. The number of hydrogen-bond donors (Lipinski definition) is 1. The van der Waals surface area contributed by atoms with Crippen molar-refractivity contribution >= 4 is 23.2 Å². The largest absolute Gasteiger partial charge is 0.486 e. The lowest BCUT2D eigenvalue weighted by Crippen LogP contribution is -2.12. The molecule has 2 aromatic rings. The van der Waals surface area contributed by atoms with E-state index in [9.17, 15) is 4.39 Å². The molecule has 2 nitrogen and oxygen atoms in total. The highest BCUT2D eigenvalue weighted by molar-refractivity contribution is 6.33. The van der Waals surface area contributed by atoms with E-state index in [0.29, 0.717) is 10.0 Å². The summed E-state index contributed by atoms with van der Waals surface area (Å²) in [5.74, 6) is -0.203. The van der Waals surface area contributed by atoms with Crippen molar-refractivity contribution in [3.05, 3.63) is 63.4 Å². The first-order chi connectivity index (χ1) is 10.0. The van der Waals surface area contributed by atoms with Crippen LogP contribution in [0.25, 0.3) is 0 Å². The molecule has 0 saturated carbocycles. The second-order valence-electron chi connectivity index (χ2n) is 4.72. The van der Waals surface area contributed by atoms with Crippen molar-refractivity contribution in [2.75, 3.05) is 7.05 Å². The summed E-state index contributed by atoms with van der Waals surface area (Å²) in [6.07, 6.45) is 0. The predicted octanol–water partition coefficient (Wildman–Crippen LogP) is 4.99. The molecular weight excluding hydrogens is 312 g/mol. The molecule has 0 fully saturated rings. The molecular formula is C16H16Cl2FNO. The maximum atomic E-state index is 14.0. The molecule has 0 saturated heterocycles. The van der Waals surface area contributed by atoms with E-state index in [4.69, 9.17) is 27.9 Å². The molecule has 1 unspecified atom stereocenters. The Labute approximate surface area is 133 Å². The van der Waals surface area contributed by atoms with Crippen LogP contribution in [-0.2, 0) is 6.61 Å². The summed E-state index contributed by atoms with van der Waals surface area (Å²) in [4.78, 5) is 0. The Kier molecular flexibility index (Phi) is 5.45. The van der Waals surface area contributed by atoms with Crippen molar-refractivity contribution in [1.82, 2.24) is 5.32 Å². The van der Waals surface area contributed by atoms with E-state index < -0.39 is 5.82 Å². The number of halogens is 3. The zero-order valence-corrected chi connectivity index (χ0v) is 13.3. The van der Waals surface area contributed by atoms with Crippen molar-refractivity contribution in [1.29, 1.82) is 0 Å².